The van der Waals surface area contributed by atoms with Crippen molar-refractivity contribution in [3.63, 3.8) is 0 Å². The highest BCUT2D eigenvalue weighted by atomic mass is 15.2. The van der Waals surface area contributed by atoms with E-state index >= 15 is 0 Å². The molecule has 1 N–H and O–H groups in total. The molecular formula is C21H26N2. The molecule has 0 aromatic heterocycles. The Hall–Kier alpha value is -1.64. The number of likely N-dealkylation sites (tertiary alicyclic amines) is 1. The minimum atomic E-state index is 0.384. The highest BCUT2D eigenvalue weighted by molar-refractivity contribution is 5.32. The summed E-state index contributed by atoms with van der Waals surface area (Å²) < 4.78 is 0. The SMILES string of the molecule is c1ccc(C(c2ccccc2)N2CCCC3(CCNC3)C2)cc1. The van der Waals surface area contributed by atoms with Gasteiger partial charge in [0.2, 0.25) is 0 Å². The molecule has 120 valence electrons. The van der Waals surface area contributed by atoms with Crippen LogP contribution in [0.15, 0.2) is 60.7 Å². The van der Waals surface area contributed by atoms with Gasteiger partial charge in [-0.05, 0) is 48.9 Å². The third-order valence-corrected chi connectivity index (χ3v) is 5.62. The van der Waals surface area contributed by atoms with E-state index in [-0.39, 0.29) is 0 Å². The summed E-state index contributed by atoms with van der Waals surface area (Å²) in [5, 5.41) is 3.60. The number of rotatable bonds is 3. The van der Waals surface area contributed by atoms with E-state index in [1.54, 1.807) is 0 Å². The van der Waals surface area contributed by atoms with Gasteiger partial charge < -0.3 is 5.32 Å². The molecule has 2 aromatic carbocycles. The summed E-state index contributed by atoms with van der Waals surface area (Å²) in [6, 6.07) is 22.4. The summed E-state index contributed by atoms with van der Waals surface area (Å²) in [5.74, 6) is 0. The van der Waals surface area contributed by atoms with Crippen molar-refractivity contribution in [3.05, 3.63) is 71.8 Å². The van der Waals surface area contributed by atoms with Crippen LogP contribution >= 0.6 is 0 Å². The van der Waals surface area contributed by atoms with Gasteiger partial charge in [-0.25, -0.2) is 0 Å². The van der Waals surface area contributed by atoms with Crippen LogP contribution in [-0.2, 0) is 0 Å². The normalized spacial score (nSPS) is 25.3. The van der Waals surface area contributed by atoms with E-state index < -0.39 is 0 Å². The van der Waals surface area contributed by atoms with E-state index in [0.717, 1.165) is 0 Å². The number of benzene rings is 2. The molecule has 1 spiro atoms. The van der Waals surface area contributed by atoms with E-state index in [1.165, 1.54) is 56.6 Å². The van der Waals surface area contributed by atoms with E-state index in [4.69, 9.17) is 0 Å². The third-order valence-electron chi connectivity index (χ3n) is 5.62. The quantitative estimate of drug-likeness (QED) is 0.926. The van der Waals surface area contributed by atoms with Gasteiger partial charge in [0.05, 0.1) is 6.04 Å². The fraction of sp³-hybridized carbons (Fsp3) is 0.429. The van der Waals surface area contributed by atoms with Crippen LogP contribution in [0, 0.1) is 5.41 Å². The molecule has 2 saturated heterocycles. The van der Waals surface area contributed by atoms with Crippen LogP contribution in [0.2, 0.25) is 0 Å². The first-order valence-electron chi connectivity index (χ1n) is 8.91. The maximum atomic E-state index is 3.60. The van der Waals surface area contributed by atoms with Crippen molar-refractivity contribution in [2.24, 2.45) is 5.41 Å². The Bertz CT molecular complexity index is 577. The number of nitrogens with zero attached hydrogens (tertiary/aromatic N) is 1. The van der Waals surface area contributed by atoms with Crippen LogP contribution in [0.5, 0.6) is 0 Å². The summed E-state index contributed by atoms with van der Waals surface area (Å²) >= 11 is 0. The lowest BCUT2D eigenvalue weighted by molar-refractivity contribution is 0.0801. The Morgan fingerprint density at radius 1 is 0.870 bits per heavy atom. The summed E-state index contributed by atoms with van der Waals surface area (Å²) in [6.45, 7) is 4.81. The van der Waals surface area contributed by atoms with Crippen molar-refractivity contribution in [1.82, 2.24) is 10.2 Å². The Morgan fingerprint density at radius 3 is 2.09 bits per heavy atom. The molecule has 23 heavy (non-hydrogen) atoms. The van der Waals surface area contributed by atoms with Gasteiger partial charge in [0.1, 0.15) is 0 Å². The largest absolute Gasteiger partial charge is 0.316 e. The molecule has 1 unspecified atom stereocenters. The molecule has 1 atom stereocenters. The highest BCUT2D eigenvalue weighted by Gasteiger charge is 2.40. The molecule has 0 amide bonds. The Labute approximate surface area is 139 Å². The topological polar surface area (TPSA) is 15.3 Å². The lowest BCUT2D eigenvalue weighted by atomic mass is 9.78. The zero-order chi connectivity index (χ0) is 15.5. The van der Waals surface area contributed by atoms with Crippen LogP contribution in [0.25, 0.3) is 0 Å². The molecule has 2 fully saturated rings. The van der Waals surface area contributed by atoms with Crippen molar-refractivity contribution < 1.29 is 0 Å². The van der Waals surface area contributed by atoms with Crippen LogP contribution in [0.1, 0.15) is 36.4 Å². The molecule has 0 saturated carbocycles. The zero-order valence-electron chi connectivity index (χ0n) is 13.7. The predicted molar refractivity (Wildman–Crippen MR) is 95.5 cm³/mol. The molecule has 0 aliphatic carbocycles. The fourth-order valence-electron chi connectivity index (χ4n) is 4.50. The summed E-state index contributed by atoms with van der Waals surface area (Å²) in [4.78, 5) is 2.72. The van der Waals surface area contributed by atoms with Crippen molar-refractivity contribution >= 4 is 0 Å². The second kappa shape index (κ2) is 6.46. The summed E-state index contributed by atoms with van der Waals surface area (Å²) in [6.07, 6.45) is 4.03. The van der Waals surface area contributed by atoms with Gasteiger partial charge in [0.25, 0.3) is 0 Å². The van der Waals surface area contributed by atoms with Crippen molar-refractivity contribution in [2.45, 2.75) is 25.3 Å². The Balaban J connectivity index is 1.68. The van der Waals surface area contributed by atoms with Gasteiger partial charge in [-0.2, -0.15) is 0 Å². The third kappa shape index (κ3) is 3.06. The van der Waals surface area contributed by atoms with Crippen molar-refractivity contribution in [1.29, 1.82) is 0 Å². The molecule has 2 heterocycles. The van der Waals surface area contributed by atoms with Gasteiger partial charge in [-0.15, -0.1) is 0 Å². The van der Waals surface area contributed by atoms with Gasteiger partial charge in [-0.1, -0.05) is 60.7 Å². The molecule has 0 bridgehead atoms. The lowest BCUT2D eigenvalue weighted by Gasteiger charge is -2.44. The van der Waals surface area contributed by atoms with Gasteiger partial charge in [0, 0.05) is 13.1 Å². The van der Waals surface area contributed by atoms with E-state index in [9.17, 15) is 0 Å². The van der Waals surface area contributed by atoms with E-state index in [0.29, 0.717) is 11.5 Å². The maximum absolute atomic E-state index is 3.60. The lowest BCUT2D eigenvalue weighted by Crippen LogP contribution is -2.46. The summed E-state index contributed by atoms with van der Waals surface area (Å²) in [7, 11) is 0. The Morgan fingerprint density at radius 2 is 1.52 bits per heavy atom. The molecule has 0 radical (unpaired) electrons. The molecule has 2 aromatic rings. The van der Waals surface area contributed by atoms with E-state index in [1.807, 2.05) is 0 Å². The second-order valence-electron chi connectivity index (χ2n) is 7.22. The first-order chi connectivity index (χ1) is 11.4. The minimum absolute atomic E-state index is 0.384. The molecular weight excluding hydrogens is 280 g/mol. The second-order valence-corrected chi connectivity index (χ2v) is 7.22. The molecule has 2 aliphatic rings. The number of hydrogen-bond donors (Lipinski definition) is 1. The van der Waals surface area contributed by atoms with Crippen molar-refractivity contribution in [2.75, 3.05) is 26.2 Å². The maximum Gasteiger partial charge on any atom is 0.0602 e. The van der Waals surface area contributed by atoms with Crippen molar-refractivity contribution in [3.8, 4) is 0 Å². The van der Waals surface area contributed by atoms with Crippen LogP contribution in [0.3, 0.4) is 0 Å². The fourth-order valence-corrected chi connectivity index (χ4v) is 4.50. The average molecular weight is 306 g/mol. The van der Waals surface area contributed by atoms with Gasteiger partial charge in [0.15, 0.2) is 0 Å². The van der Waals surface area contributed by atoms with Crippen LogP contribution in [-0.4, -0.2) is 31.1 Å². The number of nitrogens with one attached hydrogen (secondary N) is 1. The number of piperidine rings is 1. The number of hydrogen-bond acceptors (Lipinski definition) is 2. The van der Waals surface area contributed by atoms with Crippen LogP contribution < -0.4 is 5.32 Å². The van der Waals surface area contributed by atoms with E-state index in [2.05, 4.69) is 70.9 Å². The monoisotopic (exact) mass is 306 g/mol. The standard InChI is InChI=1S/C21H26N2/c1-3-8-18(9-4-1)20(19-10-5-2-6-11-19)23-15-7-12-21(17-23)13-14-22-16-21/h1-6,8-11,20,22H,7,12-17H2. The smallest absolute Gasteiger partial charge is 0.0602 e. The van der Waals surface area contributed by atoms with Gasteiger partial charge in [-0.3, -0.25) is 4.90 Å². The molecule has 2 heteroatoms. The van der Waals surface area contributed by atoms with Gasteiger partial charge >= 0.3 is 0 Å². The first kappa shape index (κ1) is 14.9. The Kier molecular flexibility index (Phi) is 4.19. The predicted octanol–water partition coefficient (Wildman–Crippen LogP) is 3.85. The zero-order valence-corrected chi connectivity index (χ0v) is 13.7. The average Bonchev–Trinajstić information content (AvgIpc) is 3.05. The summed E-state index contributed by atoms with van der Waals surface area (Å²) in [5.41, 5.74) is 3.34. The molecule has 4 rings (SSSR count). The molecule has 2 nitrogen and oxygen atoms in total. The van der Waals surface area contributed by atoms with Crippen LogP contribution in [0.4, 0.5) is 0 Å². The minimum Gasteiger partial charge on any atom is -0.316 e. The highest BCUT2D eigenvalue weighted by Crippen LogP contribution is 2.40. The first-order valence-corrected chi connectivity index (χ1v) is 8.91. The molecule has 2 aliphatic heterocycles.